The van der Waals surface area contributed by atoms with Gasteiger partial charge in [-0.2, -0.15) is 0 Å². The van der Waals surface area contributed by atoms with Gasteiger partial charge >= 0.3 is 0 Å². The van der Waals surface area contributed by atoms with E-state index in [1.807, 2.05) is 0 Å². The fraction of sp³-hybridized carbons (Fsp3) is 1.00. The summed E-state index contributed by atoms with van der Waals surface area (Å²) in [4.78, 5) is 2.76. The molecule has 2 fully saturated rings. The maximum absolute atomic E-state index is 3.62. The van der Waals surface area contributed by atoms with E-state index >= 15 is 0 Å². The van der Waals surface area contributed by atoms with E-state index < -0.39 is 0 Å². The maximum atomic E-state index is 3.62. The normalized spacial score (nSPS) is 38.8. The standard InChI is InChI=1S/C16H32N2/c1-4-17-16-8-9-18(14(3)11-16)12-15-7-5-6-13(2)10-15/h13-17H,4-12H2,1-3H3. The molecule has 4 unspecified atom stereocenters. The molecular formula is C16H32N2. The van der Waals surface area contributed by atoms with Gasteiger partial charge in [-0.3, -0.25) is 0 Å². The van der Waals surface area contributed by atoms with Gasteiger partial charge in [0.2, 0.25) is 0 Å². The van der Waals surface area contributed by atoms with E-state index in [1.165, 1.54) is 51.6 Å². The molecule has 2 nitrogen and oxygen atoms in total. The molecule has 1 aliphatic heterocycles. The first-order chi connectivity index (χ1) is 8.69. The monoisotopic (exact) mass is 252 g/mol. The predicted molar refractivity (Wildman–Crippen MR) is 78.9 cm³/mol. The number of hydrogen-bond donors (Lipinski definition) is 1. The Morgan fingerprint density at radius 2 is 1.94 bits per heavy atom. The van der Waals surface area contributed by atoms with Crippen LogP contribution in [0.15, 0.2) is 0 Å². The number of piperidine rings is 1. The molecule has 2 rings (SSSR count). The molecule has 106 valence electrons. The third-order valence-electron chi connectivity index (χ3n) is 5.04. The Kier molecular flexibility index (Phi) is 5.50. The first-order valence-electron chi connectivity index (χ1n) is 8.16. The minimum absolute atomic E-state index is 0.770. The molecule has 0 amide bonds. The molecule has 0 spiro atoms. The van der Waals surface area contributed by atoms with Gasteiger partial charge in [0, 0.05) is 18.6 Å². The van der Waals surface area contributed by atoms with E-state index in [-0.39, 0.29) is 0 Å². The summed E-state index contributed by atoms with van der Waals surface area (Å²) >= 11 is 0. The van der Waals surface area contributed by atoms with Crippen molar-refractivity contribution in [1.82, 2.24) is 10.2 Å². The van der Waals surface area contributed by atoms with E-state index in [0.717, 1.165) is 30.5 Å². The van der Waals surface area contributed by atoms with Gasteiger partial charge in [-0.15, -0.1) is 0 Å². The highest BCUT2D eigenvalue weighted by Gasteiger charge is 2.28. The van der Waals surface area contributed by atoms with E-state index in [1.54, 1.807) is 0 Å². The maximum Gasteiger partial charge on any atom is 0.00939 e. The SMILES string of the molecule is CCNC1CCN(CC2CCCC(C)C2)C(C)C1. The molecule has 18 heavy (non-hydrogen) atoms. The average molecular weight is 252 g/mol. The lowest BCUT2D eigenvalue weighted by molar-refractivity contribution is 0.0988. The number of likely N-dealkylation sites (tertiary alicyclic amines) is 1. The number of rotatable bonds is 4. The zero-order chi connectivity index (χ0) is 13.0. The molecule has 0 aromatic carbocycles. The van der Waals surface area contributed by atoms with Gasteiger partial charge in [0.05, 0.1) is 0 Å². The quantitative estimate of drug-likeness (QED) is 0.826. The summed E-state index contributed by atoms with van der Waals surface area (Å²) in [6, 6.07) is 1.55. The Morgan fingerprint density at radius 1 is 1.11 bits per heavy atom. The molecular weight excluding hydrogens is 220 g/mol. The van der Waals surface area contributed by atoms with Crippen LogP contribution < -0.4 is 5.32 Å². The lowest BCUT2D eigenvalue weighted by Gasteiger charge is -2.41. The lowest BCUT2D eigenvalue weighted by atomic mass is 9.81. The summed E-state index contributed by atoms with van der Waals surface area (Å²) in [6.45, 7) is 10.9. The summed E-state index contributed by atoms with van der Waals surface area (Å²) in [6.07, 6.45) is 8.57. The van der Waals surface area contributed by atoms with Gasteiger partial charge < -0.3 is 10.2 Å². The molecule has 1 saturated heterocycles. The largest absolute Gasteiger partial charge is 0.314 e. The zero-order valence-electron chi connectivity index (χ0n) is 12.6. The van der Waals surface area contributed by atoms with Crippen molar-refractivity contribution in [2.75, 3.05) is 19.6 Å². The summed E-state index contributed by atoms with van der Waals surface area (Å²) in [5.41, 5.74) is 0. The van der Waals surface area contributed by atoms with Crippen LogP contribution in [-0.4, -0.2) is 36.6 Å². The highest BCUT2D eigenvalue weighted by Crippen LogP contribution is 2.30. The van der Waals surface area contributed by atoms with Crippen LogP contribution in [0, 0.1) is 11.8 Å². The molecule has 0 radical (unpaired) electrons. The smallest absolute Gasteiger partial charge is 0.00939 e. The van der Waals surface area contributed by atoms with Crippen LogP contribution in [0.5, 0.6) is 0 Å². The first kappa shape index (κ1) is 14.3. The van der Waals surface area contributed by atoms with Crippen LogP contribution in [0.3, 0.4) is 0 Å². The third-order valence-corrected chi connectivity index (χ3v) is 5.04. The molecule has 1 heterocycles. The van der Waals surface area contributed by atoms with Gasteiger partial charge in [0.25, 0.3) is 0 Å². The second kappa shape index (κ2) is 6.91. The molecule has 1 aliphatic carbocycles. The second-order valence-corrected chi connectivity index (χ2v) is 6.76. The fourth-order valence-electron chi connectivity index (χ4n) is 4.02. The van der Waals surface area contributed by atoms with E-state index in [9.17, 15) is 0 Å². The van der Waals surface area contributed by atoms with Crippen LogP contribution >= 0.6 is 0 Å². The third kappa shape index (κ3) is 3.96. The van der Waals surface area contributed by atoms with Crippen LogP contribution in [0.4, 0.5) is 0 Å². The first-order valence-corrected chi connectivity index (χ1v) is 8.16. The minimum Gasteiger partial charge on any atom is -0.314 e. The average Bonchev–Trinajstić information content (AvgIpc) is 2.33. The van der Waals surface area contributed by atoms with Crippen LogP contribution in [0.1, 0.15) is 59.3 Å². The molecule has 2 heteroatoms. The van der Waals surface area contributed by atoms with Gasteiger partial charge in [0.15, 0.2) is 0 Å². The number of nitrogens with one attached hydrogen (secondary N) is 1. The Morgan fingerprint density at radius 3 is 2.61 bits per heavy atom. The minimum atomic E-state index is 0.770. The van der Waals surface area contributed by atoms with Crippen molar-refractivity contribution in [2.24, 2.45) is 11.8 Å². The zero-order valence-corrected chi connectivity index (χ0v) is 12.6. The molecule has 0 aromatic rings. The van der Waals surface area contributed by atoms with Gasteiger partial charge in [-0.1, -0.05) is 26.7 Å². The Balaban J connectivity index is 1.76. The van der Waals surface area contributed by atoms with Crippen LogP contribution in [-0.2, 0) is 0 Å². The molecule has 2 aliphatic rings. The Hall–Kier alpha value is -0.0800. The summed E-state index contributed by atoms with van der Waals surface area (Å²) in [5, 5.41) is 3.62. The van der Waals surface area contributed by atoms with Crippen molar-refractivity contribution >= 4 is 0 Å². The van der Waals surface area contributed by atoms with Crippen molar-refractivity contribution in [3.63, 3.8) is 0 Å². The summed E-state index contributed by atoms with van der Waals surface area (Å²) in [5.74, 6) is 1.95. The van der Waals surface area contributed by atoms with Crippen molar-refractivity contribution in [1.29, 1.82) is 0 Å². The highest BCUT2D eigenvalue weighted by atomic mass is 15.2. The van der Waals surface area contributed by atoms with Crippen molar-refractivity contribution in [2.45, 2.75) is 71.4 Å². The van der Waals surface area contributed by atoms with Gasteiger partial charge in [0.1, 0.15) is 0 Å². The van der Waals surface area contributed by atoms with Crippen LogP contribution in [0.2, 0.25) is 0 Å². The van der Waals surface area contributed by atoms with Crippen LogP contribution in [0.25, 0.3) is 0 Å². The van der Waals surface area contributed by atoms with Crippen molar-refractivity contribution in [3.8, 4) is 0 Å². The fourth-order valence-corrected chi connectivity index (χ4v) is 4.02. The molecule has 4 atom stereocenters. The van der Waals surface area contributed by atoms with Gasteiger partial charge in [-0.05, 0) is 57.5 Å². The molecule has 1 N–H and O–H groups in total. The predicted octanol–water partition coefficient (Wildman–Crippen LogP) is 3.28. The number of hydrogen-bond acceptors (Lipinski definition) is 2. The Labute approximate surface area is 114 Å². The molecule has 1 saturated carbocycles. The highest BCUT2D eigenvalue weighted by molar-refractivity contribution is 4.84. The Bertz CT molecular complexity index is 241. The van der Waals surface area contributed by atoms with E-state index in [4.69, 9.17) is 0 Å². The van der Waals surface area contributed by atoms with E-state index in [2.05, 4.69) is 31.0 Å². The summed E-state index contributed by atoms with van der Waals surface area (Å²) in [7, 11) is 0. The van der Waals surface area contributed by atoms with Crippen molar-refractivity contribution < 1.29 is 0 Å². The molecule has 0 bridgehead atoms. The van der Waals surface area contributed by atoms with Crippen molar-refractivity contribution in [3.05, 3.63) is 0 Å². The summed E-state index contributed by atoms with van der Waals surface area (Å²) < 4.78 is 0. The number of nitrogens with zero attached hydrogens (tertiary/aromatic N) is 1. The topological polar surface area (TPSA) is 15.3 Å². The lowest BCUT2D eigenvalue weighted by Crippen LogP contribution is -2.49. The second-order valence-electron chi connectivity index (χ2n) is 6.76. The van der Waals surface area contributed by atoms with Gasteiger partial charge in [-0.25, -0.2) is 0 Å². The van der Waals surface area contributed by atoms with E-state index in [0.29, 0.717) is 0 Å². The molecule has 0 aromatic heterocycles.